The van der Waals surface area contributed by atoms with Gasteiger partial charge in [0, 0.05) is 29.6 Å². The van der Waals surface area contributed by atoms with Crippen LogP contribution in [0.15, 0.2) is 24.3 Å². The number of rotatable bonds is 6. The number of nitrogens with one attached hydrogen (secondary N) is 1. The number of carbonyl (C=O) groups excluding carboxylic acids is 2. The second-order valence-corrected chi connectivity index (χ2v) is 8.05. The Morgan fingerprint density at radius 3 is 2.36 bits per heavy atom. The maximum absolute atomic E-state index is 13.2. The Morgan fingerprint density at radius 1 is 1.18 bits per heavy atom. The third kappa shape index (κ3) is 5.04. The lowest BCUT2D eigenvalue weighted by Crippen LogP contribution is -2.53. The predicted molar refractivity (Wildman–Crippen MR) is 107 cm³/mol. The number of likely N-dealkylation sites (tertiary alicyclic amines) is 1. The van der Waals surface area contributed by atoms with E-state index in [0.29, 0.717) is 42.8 Å². The summed E-state index contributed by atoms with van der Waals surface area (Å²) in [5, 5.41) is 3.52. The first-order valence-corrected chi connectivity index (χ1v) is 10.5. The van der Waals surface area contributed by atoms with Gasteiger partial charge in [0.25, 0.3) is 5.91 Å². The molecule has 1 aromatic rings. The van der Waals surface area contributed by atoms with Crippen LogP contribution < -0.4 is 5.32 Å². The number of halogens is 1. The van der Waals surface area contributed by atoms with E-state index in [4.69, 9.17) is 21.1 Å². The Morgan fingerprint density at radius 2 is 1.79 bits per heavy atom. The average molecular weight is 409 g/mol. The highest BCUT2D eigenvalue weighted by atomic mass is 35.5. The maximum Gasteiger partial charge on any atom is 0.251 e. The third-order valence-electron chi connectivity index (χ3n) is 5.76. The Bertz CT molecular complexity index is 667. The van der Waals surface area contributed by atoms with E-state index in [1.165, 1.54) is 0 Å². The predicted octanol–water partition coefficient (Wildman–Crippen LogP) is 3.10. The fourth-order valence-corrected chi connectivity index (χ4v) is 3.87. The van der Waals surface area contributed by atoms with E-state index in [1.807, 2.05) is 18.7 Å². The van der Waals surface area contributed by atoms with E-state index >= 15 is 0 Å². The van der Waals surface area contributed by atoms with Gasteiger partial charge in [-0.15, -0.1) is 0 Å². The lowest BCUT2D eigenvalue weighted by Gasteiger charge is -2.37. The number of ether oxygens (including phenoxy) is 2. The molecule has 2 aliphatic heterocycles. The van der Waals surface area contributed by atoms with Crippen molar-refractivity contribution in [3.05, 3.63) is 34.9 Å². The molecule has 154 valence electrons. The van der Waals surface area contributed by atoms with Crippen LogP contribution in [0.4, 0.5) is 0 Å². The zero-order chi connectivity index (χ0) is 20.1. The summed E-state index contributed by atoms with van der Waals surface area (Å²) in [6.07, 6.45) is 2.38. The average Bonchev–Trinajstić information content (AvgIpc) is 3.26. The number of carbonyl (C=O) groups is 2. The monoisotopic (exact) mass is 408 g/mol. The first kappa shape index (κ1) is 21.1. The molecule has 1 N–H and O–H groups in total. The van der Waals surface area contributed by atoms with Crippen LogP contribution in [0, 0.1) is 11.8 Å². The molecule has 2 aliphatic rings. The second kappa shape index (κ2) is 9.72. The van der Waals surface area contributed by atoms with E-state index in [0.717, 1.165) is 19.3 Å². The van der Waals surface area contributed by atoms with Gasteiger partial charge in [-0.25, -0.2) is 0 Å². The number of amides is 2. The van der Waals surface area contributed by atoms with Gasteiger partial charge in [0.15, 0.2) is 6.29 Å². The Balaban J connectivity index is 1.61. The first-order chi connectivity index (χ1) is 13.5. The zero-order valence-electron chi connectivity index (χ0n) is 16.5. The molecule has 28 heavy (non-hydrogen) atoms. The van der Waals surface area contributed by atoms with E-state index in [-0.39, 0.29) is 24.0 Å². The number of benzene rings is 1. The van der Waals surface area contributed by atoms with Crippen molar-refractivity contribution in [1.82, 2.24) is 10.2 Å². The van der Waals surface area contributed by atoms with Gasteiger partial charge in [-0.05, 0) is 43.0 Å². The van der Waals surface area contributed by atoms with Crippen LogP contribution in [0.25, 0.3) is 0 Å². The van der Waals surface area contributed by atoms with Crippen LogP contribution in [-0.4, -0.2) is 55.3 Å². The molecule has 2 amide bonds. The summed E-state index contributed by atoms with van der Waals surface area (Å²) >= 11 is 5.90. The normalized spacial score (nSPS) is 20.8. The number of piperidine rings is 1. The smallest absolute Gasteiger partial charge is 0.251 e. The molecule has 6 nitrogen and oxygen atoms in total. The molecule has 0 bridgehead atoms. The number of hydrogen-bond acceptors (Lipinski definition) is 4. The first-order valence-electron chi connectivity index (χ1n) is 10.1. The highest BCUT2D eigenvalue weighted by Gasteiger charge is 2.35. The highest BCUT2D eigenvalue weighted by Crippen LogP contribution is 2.26. The van der Waals surface area contributed by atoms with E-state index < -0.39 is 6.04 Å². The van der Waals surface area contributed by atoms with Crippen molar-refractivity contribution in [2.24, 2.45) is 11.8 Å². The van der Waals surface area contributed by atoms with Crippen LogP contribution in [-0.2, 0) is 14.3 Å². The van der Waals surface area contributed by atoms with Crippen molar-refractivity contribution in [1.29, 1.82) is 0 Å². The molecule has 3 rings (SSSR count). The van der Waals surface area contributed by atoms with Crippen LogP contribution in [0.5, 0.6) is 0 Å². The van der Waals surface area contributed by atoms with E-state index in [2.05, 4.69) is 5.32 Å². The fraction of sp³-hybridized carbons (Fsp3) is 0.619. The zero-order valence-corrected chi connectivity index (χ0v) is 17.3. The second-order valence-electron chi connectivity index (χ2n) is 7.62. The molecule has 2 heterocycles. The summed E-state index contributed by atoms with van der Waals surface area (Å²) in [5.74, 6) is 0.113. The summed E-state index contributed by atoms with van der Waals surface area (Å²) < 4.78 is 11.2. The molecule has 0 spiro atoms. The molecular formula is C21H29ClN2O4. The lowest BCUT2D eigenvalue weighted by atomic mass is 9.93. The van der Waals surface area contributed by atoms with Crippen LogP contribution in [0.3, 0.4) is 0 Å². The van der Waals surface area contributed by atoms with Crippen molar-refractivity contribution in [3.8, 4) is 0 Å². The molecule has 2 saturated heterocycles. The molecule has 7 heteroatoms. The minimum Gasteiger partial charge on any atom is -0.350 e. The van der Waals surface area contributed by atoms with Crippen molar-refractivity contribution in [2.75, 3.05) is 26.3 Å². The van der Waals surface area contributed by atoms with Gasteiger partial charge in [0.05, 0.1) is 13.2 Å². The Kier molecular flexibility index (Phi) is 7.32. The lowest BCUT2D eigenvalue weighted by molar-refractivity contribution is -0.140. The largest absolute Gasteiger partial charge is 0.350 e. The SMILES string of the molecule is CCC(C)C(NC(=O)c1ccc(Cl)cc1)C(=O)N1CCC(C2OCCO2)CC1. The number of nitrogens with zero attached hydrogens (tertiary/aromatic N) is 1. The van der Waals surface area contributed by atoms with Crippen LogP contribution >= 0.6 is 11.6 Å². The minimum atomic E-state index is -0.538. The van der Waals surface area contributed by atoms with Crippen molar-refractivity contribution >= 4 is 23.4 Å². The topological polar surface area (TPSA) is 67.9 Å². The third-order valence-corrected chi connectivity index (χ3v) is 6.01. The maximum atomic E-state index is 13.2. The van der Waals surface area contributed by atoms with Gasteiger partial charge in [-0.3, -0.25) is 9.59 Å². The molecule has 0 aromatic heterocycles. The van der Waals surface area contributed by atoms with Gasteiger partial charge in [-0.2, -0.15) is 0 Å². The molecule has 0 aliphatic carbocycles. The number of hydrogen-bond donors (Lipinski definition) is 1. The minimum absolute atomic E-state index is 0.0108. The van der Waals surface area contributed by atoms with Gasteiger partial charge in [0.1, 0.15) is 6.04 Å². The standard InChI is InChI=1S/C21H29ClN2O4/c1-3-14(2)18(23-19(25)15-4-6-17(22)7-5-15)20(26)24-10-8-16(9-11-24)21-27-12-13-28-21/h4-7,14,16,18,21H,3,8-13H2,1-2H3,(H,23,25). The summed E-state index contributed by atoms with van der Waals surface area (Å²) in [6.45, 7) is 6.65. The Labute approximate surface area is 171 Å². The Hall–Kier alpha value is -1.63. The van der Waals surface area contributed by atoms with Crippen molar-refractivity contribution in [2.45, 2.75) is 45.4 Å². The molecule has 0 radical (unpaired) electrons. The van der Waals surface area contributed by atoms with E-state index in [9.17, 15) is 9.59 Å². The van der Waals surface area contributed by atoms with Crippen molar-refractivity contribution in [3.63, 3.8) is 0 Å². The molecule has 2 unspecified atom stereocenters. The summed E-state index contributed by atoms with van der Waals surface area (Å²) in [4.78, 5) is 27.7. The van der Waals surface area contributed by atoms with Crippen LogP contribution in [0.1, 0.15) is 43.5 Å². The summed E-state index contributed by atoms with van der Waals surface area (Å²) in [5.41, 5.74) is 0.500. The molecular weight excluding hydrogens is 380 g/mol. The molecule has 0 saturated carbocycles. The van der Waals surface area contributed by atoms with Crippen molar-refractivity contribution < 1.29 is 19.1 Å². The van der Waals surface area contributed by atoms with Gasteiger partial charge >= 0.3 is 0 Å². The van der Waals surface area contributed by atoms with Gasteiger partial charge < -0.3 is 19.7 Å². The molecule has 2 atom stereocenters. The summed E-state index contributed by atoms with van der Waals surface area (Å²) in [6, 6.07) is 6.15. The molecule has 2 fully saturated rings. The van der Waals surface area contributed by atoms with Gasteiger partial charge in [-0.1, -0.05) is 31.9 Å². The fourth-order valence-electron chi connectivity index (χ4n) is 3.75. The quantitative estimate of drug-likeness (QED) is 0.785. The summed E-state index contributed by atoms with van der Waals surface area (Å²) in [7, 11) is 0. The highest BCUT2D eigenvalue weighted by molar-refractivity contribution is 6.30. The molecule has 1 aromatic carbocycles. The van der Waals surface area contributed by atoms with Crippen LogP contribution in [0.2, 0.25) is 5.02 Å². The van der Waals surface area contributed by atoms with Gasteiger partial charge in [0.2, 0.25) is 5.91 Å². The van der Waals surface area contributed by atoms with E-state index in [1.54, 1.807) is 24.3 Å².